The highest BCUT2D eigenvalue weighted by Crippen LogP contribution is 2.43. The van der Waals surface area contributed by atoms with Crippen LogP contribution in [0.1, 0.15) is 0 Å². The Morgan fingerprint density at radius 3 is 2.17 bits per heavy atom. The van der Waals surface area contributed by atoms with Crippen molar-refractivity contribution in [3.05, 3.63) is 108 Å². The normalized spacial score (nSPS) is 11.5. The van der Waals surface area contributed by atoms with Gasteiger partial charge < -0.3 is 4.42 Å². The minimum atomic E-state index is 0.737. The van der Waals surface area contributed by atoms with Gasteiger partial charge in [0.05, 0.1) is 0 Å². The Morgan fingerprint density at radius 1 is 0.567 bits per heavy atom. The van der Waals surface area contributed by atoms with E-state index in [4.69, 9.17) is 16.0 Å². The van der Waals surface area contributed by atoms with Crippen LogP contribution in [0.25, 0.3) is 55.0 Å². The van der Waals surface area contributed by atoms with E-state index in [9.17, 15) is 0 Å². The molecule has 0 saturated carbocycles. The van der Waals surface area contributed by atoms with Gasteiger partial charge in [0.2, 0.25) is 0 Å². The molecule has 0 amide bonds. The van der Waals surface area contributed by atoms with E-state index in [-0.39, 0.29) is 0 Å². The molecule has 6 rings (SSSR count). The van der Waals surface area contributed by atoms with Crippen molar-refractivity contribution >= 4 is 44.3 Å². The van der Waals surface area contributed by atoms with E-state index in [0.29, 0.717) is 0 Å². The Bertz CT molecular complexity index is 1540. The quantitative estimate of drug-likeness (QED) is 0.281. The molecule has 0 aliphatic rings. The van der Waals surface area contributed by atoms with Crippen molar-refractivity contribution in [2.75, 3.05) is 0 Å². The minimum Gasteiger partial charge on any atom is -0.456 e. The highest BCUT2D eigenvalue weighted by atomic mass is 35.5. The van der Waals surface area contributed by atoms with E-state index in [0.717, 1.165) is 32.5 Å². The topological polar surface area (TPSA) is 13.1 Å². The highest BCUT2D eigenvalue weighted by Gasteiger charge is 2.17. The largest absolute Gasteiger partial charge is 0.456 e. The van der Waals surface area contributed by atoms with Gasteiger partial charge in [-0.25, -0.2) is 0 Å². The molecule has 0 aliphatic heterocycles. The van der Waals surface area contributed by atoms with Crippen molar-refractivity contribution in [1.82, 2.24) is 0 Å². The van der Waals surface area contributed by atoms with E-state index in [2.05, 4.69) is 78.9 Å². The van der Waals surface area contributed by atoms with E-state index < -0.39 is 0 Å². The second-order valence-corrected chi connectivity index (χ2v) is 7.96. The standard InChI is InChI=1S/C28H17ClO/c29-22-13-11-19(12-14-22)23-15-16-26-28(24-7-3-4-8-25(24)30-26)27(23)21-10-9-18-5-1-2-6-20(18)17-21/h1-17H. The van der Waals surface area contributed by atoms with E-state index in [1.807, 2.05) is 24.3 Å². The number of furan rings is 1. The maximum Gasteiger partial charge on any atom is 0.136 e. The zero-order valence-corrected chi connectivity index (χ0v) is 16.9. The second kappa shape index (κ2) is 6.76. The lowest BCUT2D eigenvalue weighted by atomic mass is 9.90. The summed E-state index contributed by atoms with van der Waals surface area (Å²) in [5.41, 5.74) is 6.47. The first-order valence-corrected chi connectivity index (χ1v) is 10.3. The van der Waals surface area contributed by atoms with Crippen LogP contribution in [0.4, 0.5) is 0 Å². The summed E-state index contributed by atoms with van der Waals surface area (Å²) in [7, 11) is 0. The Labute approximate surface area is 179 Å². The Balaban J connectivity index is 1.75. The average Bonchev–Trinajstić information content (AvgIpc) is 3.17. The molecule has 0 saturated heterocycles. The number of benzene rings is 5. The van der Waals surface area contributed by atoms with E-state index in [1.165, 1.54) is 27.5 Å². The third-order valence-electron chi connectivity index (χ3n) is 5.74. The maximum absolute atomic E-state index is 6.19. The molecule has 1 aromatic heterocycles. The molecule has 0 radical (unpaired) electrons. The molecule has 0 N–H and O–H groups in total. The Hall–Kier alpha value is -3.55. The second-order valence-electron chi connectivity index (χ2n) is 7.53. The Morgan fingerprint density at radius 2 is 1.30 bits per heavy atom. The number of rotatable bonds is 2. The smallest absolute Gasteiger partial charge is 0.136 e. The summed E-state index contributed by atoms with van der Waals surface area (Å²) in [6, 6.07) is 35.6. The van der Waals surface area contributed by atoms with Crippen molar-refractivity contribution in [3.63, 3.8) is 0 Å². The summed E-state index contributed by atoms with van der Waals surface area (Å²) >= 11 is 6.16. The summed E-state index contributed by atoms with van der Waals surface area (Å²) in [6.07, 6.45) is 0. The van der Waals surface area contributed by atoms with Gasteiger partial charge in [0.1, 0.15) is 11.2 Å². The third kappa shape index (κ3) is 2.71. The van der Waals surface area contributed by atoms with Crippen LogP contribution in [-0.4, -0.2) is 0 Å². The zero-order valence-electron chi connectivity index (χ0n) is 16.1. The van der Waals surface area contributed by atoms with Crippen LogP contribution < -0.4 is 0 Å². The van der Waals surface area contributed by atoms with Gasteiger partial charge in [0.25, 0.3) is 0 Å². The first-order valence-electron chi connectivity index (χ1n) is 9.97. The number of halogens is 1. The van der Waals surface area contributed by atoms with Gasteiger partial charge in [-0.1, -0.05) is 84.4 Å². The molecule has 0 bridgehead atoms. The van der Waals surface area contributed by atoms with Crippen LogP contribution in [0.2, 0.25) is 5.02 Å². The number of hydrogen-bond acceptors (Lipinski definition) is 1. The van der Waals surface area contributed by atoms with Gasteiger partial charge in [-0.3, -0.25) is 0 Å². The number of hydrogen-bond donors (Lipinski definition) is 0. The summed E-state index contributed by atoms with van der Waals surface area (Å²) in [4.78, 5) is 0. The van der Waals surface area contributed by atoms with Crippen LogP contribution in [0.15, 0.2) is 108 Å². The number of para-hydroxylation sites is 1. The molecule has 142 valence electrons. The Kier molecular flexibility index (Phi) is 3.90. The monoisotopic (exact) mass is 404 g/mol. The predicted octanol–water partition coefficient (Wildman–Crippen LogP) is 8.73. The van der Waals surface area contributed by atoms with Gasteiger partial charge in [-0.2, -0.15) is 0 Å². The molecule has 0 atom stereocenters. The molecular weight excluding hydrogens is 388 g/mol. The van der Waals surface area contributed by atoms with E-state index in [1.54, 1.807) is 0 Å². The molecule has 0 unspecified atom stereocenters. The molecule has 30 heavy (non-hydrogen) atoms. The molecule has 5 aromatic carbocycles. The third-order valence-corrected chi connectivity index (χ3v) is 5.99. The minimum absolute atomic E-state index is 0.737. The van der Waals surface area contributed by atoms with Crippen molar-refractivity contribution in [2.24, 2.45) is 0 Å². The molecule has 0 aliphatic carbocycles. The first-order chi connectivity index (χ1) is 14.8. The molecule has 2 heteroatoms. The summed E-state index contributed by atoms with van der Waals surface area (Å²) in [6.45, 7) is 0. The van der Waals surface area contributed by atoms with Gasteiger partial charge >= 0.3 is 0 Å². The van der Waals surface area contributed by atoms with Crippen molar-refractivity contribution in [3.8, 4) is 22.3 Å². The number of fused-ring (bicyclic) bond motifs is 4. The molecule has 0 spiro atoms. The summed E-state index contributed by atoms with van der Waals surface area (Å²) in [5, 5.41) is 5.47. The fraction of sp³-hybridized carbons (Fsp3) is 0. The fourth-order valence-electron chi connectivity index (χ4n) is 4.33. The average molecular weight is 405 g/mol. The molecule has 1 nitrogen and oxygen atoms in total. The van der Waals surface area contributed by atoms with Crippen LogP contribution in [0.5, 0.6) is 0 Å². The van der Waals surface area contributed by atoms with Crippen molar-refractivity contribution in [2.45, 2.75) is 0 Å². The van der Waals surface area contributed by atoms with Gasteiger partial charge in [-0.15, -0.1) is 0 Å². The van der Waals surface area contributed by atoms with Crippen LogP contribution in [0, 0.1) is 0 Å². The maximum atomic E-state index is 6.19. The van der Waals surface area contributed by atoms with Gasteiger partial charge in [-0.05, 0) is 57.8 Å². The van der Waals surface area contributed by atoms with Crippen LogP contribution in [0.3, 0.4) is 0 Å². The van der Waals surface area contributed by atoms with Gasteiger partial charge in [0, 0.05) is 21.4 Å². The molecule has 6 aromatic rings. The van der Waals surface area contributed by atoms with Crippen LogP contribution >= 0.6 is 11.6 Å². The molecule has 0 fully saturated rings. The molecule has 1 heterocycles. The lowest BCUT2D eigenvalue weighted by Crippen LogP contribution is -1.87. The van der Waals surface area contributed by atoms with E-state index >= 15 is 0 Å². The van der Waals surface area contributed by atoms with Crippen LogP contribution in [-0.2, 0) is 0 Å². The fourth-order valence-corrected chi connectivity index (χ4v) is 4.46. The van der Waals surface area contributed by atoms with Crippen molar-refractivity contribution in [1.29, 1.82) is 0 Å². The molecular formula is C28H17ClO. The zero-order chi connectivity index (χ0) is 20.1. The lowest BCUT2D eigenvalue weighted by Gasteiger charge is -2.13. The summed E-state index contributed by atoms with van der Waals surface area (Å²) < 4.78 is 6.19. The summed E-state index contributed by atoms with van der Waals surface area (Å²) in [5.74, 6) is 0. The van der Waals surface area contributed by atoms with Gasteiger partial charge in [0.15, 0.2) is 0 Å². The predicted molar refractivity (Wildman–Crippen MR) is 127 cm³/mol. The first kappa shape index (κ1) is 17.3. The highest BCUT2D eigenvalue weighted by molar-refractivity contribution is 6.30. The van der Waals surface area contributed by atoms with Crippen molar-refractivity contribution < 1.29 is 4.42 Å². The lowest BCUT2D eigenvalue weighted by molar-refractivity contribution is 0.669. The SMILES string of the molecule is Clc1ccc(-c2ccc3oc4ccccc4c3c2-c2ccc3ccccc3c2)cc1.